The van der Waals surface area contributed by atoms with Gasteiger partial charge < -0.3 is 10.5 Å². The number of carbonyl (C=O) groups is 1. The Kier molecular flexibility index (Phi) is 6.05. The first-order valence-electron chi connectivity index (χ1n) is 5.75. The molecule has 0 fully saturated rings. The topological polar surface area (TPSA) is 111 Å². The van der Waals surface area contributed by atoms with E-state index < -0.39 is 27.9 Å². The number of carbonyl (C=O) groups excluding carboxylic acids is 1. The van der Waals surface area contributed by atoms with Gasteiger partial charge in [0.05, 0.1) is 6.10 Å². The van der Waals surface area contributed by atoms with E-state index in [1.807, 2.05) is 13.8 Å². The number of nitrogens with two attached hydrogens (primary N) is 1. The van der Waals surface area contributed by atoms with E-state index >= 15 is 0 Å². The van der Waals surface area contributed by atoms with Crippen LogP contribution in [0.25, 0.3) is 0 Å². The van der Waals surface area contributed by atoms with E-state index in [4.69, 9.17) is 10.5 Å². The van der Waals surface area contributed by atoms with Gasteiger partial charge in [-0.3, -0.25) is 0 Å². The van der Waals surface area contributed by atoms with Crippen LogP contribution in [0.1, 0.15) is 34.6 Å². The molecule has 0 aliphatic carbocycles. The Hall–Kier alpha value is -0.860. The average Bonchev–Trinajstić information content (AvgIpc) is 2.13. The molecule has 0 rings (SSSR count). The fourth-order valence-electron chi connectivity index (χ4n) is 1.08. The van der Waals surface area contributed by atoms with E-state index in [1.165, 1.54) is 0 Å². The van der Waals surface area contributed by atoms with Crippen molar-refractivity contribution in [2.24, 2.45) is 11.7 Å². The van der Waals surface area contributed by atoms with Gasteiger partial charge in [-0.05, 0) is 26.7 Å². The third-order valence-electron chi connectivity index (χ3n) is 2.63. The SMILES string of the molecule is CC(C)OC(=O)NS(=O)(=O)NC(C)(CN)C(C)C. The molecule has 0 aromatic carbocycles. The van der Waals surface area contributed by atoms with Crippen molar-refractivity contribution in [3.63, 3.8) is 0 Å². The fraction of sp³-hybridized carbons (Fsp3) is 0.900. The van der Waals surface area contributed by atoms with Gasteiger partial charge in [0.25, 0.3) is 0 Å². The van der Waals surface area contributed by atoms with Crippen LogP contribution in [0.15, 0.2) is 0 Å². The summed E-state index contributed by atoms with van der Waals surface area (Å²) in [7, 11) is -4.00. The van der Waals surface area contributed by atoms with Crippen molar-refractivity contribution < 1.29 is 17.9 Å². The molecule has 1 amide bonds. The highest BCUT2D eigenvalue weighted by Gasteiger charge is 2.32. The number of rotatable bonds is 6. The van der Waals surface area contributed by atoms with Gasteiger partial charge in [0, 0.05) is 12.1 Å². The highest BCUT2D eigenvalue weighted by Crippen LogP contribution is 2.15. The van der Waals surface area contributed by atoms with Crippen LogP contribution in [0.4, 0.5) is 4.79 Å². The molecular formula is C10H23N3O4S. The second kappa shape index (κ2) is 6.35. The quantitative estimate of drug-likeness (QED) is 0.649. The van der Waals surface area contributed by atoms with E-state index in [9.17, 15) is 13.2 Å². The van der Waals surface area contributed by atoms with Gasteiger partial charge in [-0.2, -0.15) is 13.1 Å². The molecule has 0 bridgehead atoms. The van der Waals surface area contributed by atoms with Crippen LogP contribution in [-0.4, -0.2) is 32.7 Å². The van der Waals surface area contributed by atoms with E-state index in [1.54, 1.807) is 25.5 Å². The zero-order chi connectivity index (χ0) is 14.6. The monoisotopic (exact) mass is 281 g/mol. The first-order chi connectivity index (χ1) is 8.02. The Morgan fingerprint density at radius 2 is 1.83 bits per heavy atom. The molecule has 108 valence electrons. The highest BCUT2D eigenvalue weighted by atomic mass is 32.2. The lowest BCUT2D eigenvalue weighted by atomic mass is 9.90. The Morgan fingerprint density at radius 1 is 1.33 bits per heavy atom. The maximum atomic E-state index is 11.7. The Labute approximate surface area is 109 Å². The molecular weight excluding hydrogens is 258 g/mol. The molecule has 0 aliphatic rings. The Morgan fingerprint density at radius 3 is 2.17 bits per heavy atom. The van der Waals surface area contributed by atoms with E-state index in [-0.39, 0.29) is 12.5 Å². The molecule has 0 heterocycles. The Balaban J connectivity index is 4.71. The first kappa shape index (κ1) is 17.1. The van der Waals surface area contributed by atoms with Crippen molar-refractivity contribution in [3.8, 4) is 0 Å². The molecule has 0 spiro atoms. The minimum absolute atomic E-state index is 0.0276. The fourth-order valence-corrected chi connectivity index (χ4v) is 2.33. The molecule has 0 aromatic heterocycles. The lowest BCUT2D eigenvalue weighted by Gasteiger charge is -2.32. The van der Waals surface area contributed by atoms with Crippen LogP contribution in [-0.2, 0) is 14.9 Å². The normalized spacial score (nSPS) is 15.6. The summed E-state index contributed by atoms with van der Waals surface area (Å²) in [5, 5.41) is 0. The largest absolute Gasteiger partial charge is 0.446 e. The van der Waals surface area contributed by atoms with Crippen LogP contribution < -0.4 is 15.2 Å². The van der Waals surface area contributed by atoms with Crippen LogP contribution in [0.3, 0.4) is 0 Å². The summed E-state index contributed by atoms with van der Waals surface area (Å²) in [6, 6.07) is 0. The molecule has 0 saturated carbocycles. The lowest BCUT2D eigenvalue weighted by Crippen LogP contribution is -2.58. The zero-order valence-corrected chi connectivity index (χ0v) is 12.3. The van der Waals surface area contributed by atoms with Gasteiger partial charge in [0.1, 0.15) is 0 Å². The summed E-state index contributed by atoms with van der Waals surface area (Å²) < 4.78 is 32.3. The van der Waals surface area contributed by atoms with Gasteiger partial charge in [-0.15, -0.1) is 0 Å². The van der Waals surface area contributed by atoms with Crippen LogP contribution in [0.2, 0.25) is 0 Å². The third-order valence-corrected chi connectivity index (χ3v) is 3.80. The molecule has 18 heavy (non-hydrogen) atoms. The molecule has 1 atom stereocenters. The summed E-state index contributed by atoms with van der Waals surface area (Å²) in [4.78, 5) is 11.2. The number of ether oxygens (including phenoxy) is 1. The van der Waals surface area contributed by atoms with Gasteiger partial charge in [-0.25, -0.2) is 9.52 Å². The Bertz CT molecular complexity index is 381. The van der Waals surface area contributed by atoms with Crippen molar-refractivity contribution in [2.75, 3.05) is 6.54 Å². The number of amides is 1. The summed E-state index contributed by atoms with van der Waals surface area (Å²) in [5.41, 5.74) is 4.73. The molecule has 0 aliphatic heterocycles. The molecule has 8 heteroatoms. The minimum atomic E-state index is -4.00. The van der Waals surface area contributed by atoms with Gasteiger partial charge in [-0.1, -0.05) is 13.8 Å². The van der Waals surface area contributed by atoms with Gasteiger partial charge in [0.15, 0.2) is 0 Å². The zero-order valence-electron chi connectivity index (χ0n) is 11.5. The summed E-state index contributed by atoms with van der Waals surface area (Å²) >= 11 is 0. The van der Waals surface area contributed by atoms with E-state index in [0.717, 1.165) is 0 Å². The molecule has 1 unspecified atom stereocenters. The summed E-state index contributed by atoms with van der Waals surface area (Å²) in [6.07, 6.45) is -1.41. The van der Waals surface area contributed by atoms with Crippen molar-refractivity contribution in [2.45, 2.75) is 46.3 Å². The third kappa shape index (κ3) is 5.65. The number of hydrogen-bond acceptors (Lipinski definition) is 5. The van der Waals surface area contributed by atoms with Crippen LogP contribution in [0, 0.1) is 5.92 Å². The van der Waals surface area contributed by atoms with Crippen molar-refractivity contribution in [3.05, 3.63) is 0 Å². The predicted molar refractivity (Wildman–Crippen MR) is 69.1 cm³/mol. The van der Waals surface area contributed by atoms with Crippen molar-refractivity contribution >= 4 is 16.3 Å². The van der Waals surface area contributed by atoms with Crippen molar-refractivity contribution in [1.82, 2.24) is 9.44 Å². The second-order valence-electron chi connectivity index (χ2n) is 4.94. The first-order valence-corrected chi connectivity index (χ1v) is 7.23. The lowest BCUT2D eigenvalue weighted by molar-refractivity contribution is 0.121. The second-order valence-corrected chi connectivity index (χ2v) is 6.35. The van der Waals surface area contributed by atoms with E-state index in [0.29, 0.717) is 0 Å². The number of hydrogen-bond donors (Lipinski definition) is 3. The molecule has 4 N–H and O–H groups in total. The van der Waals surface area contributed by atoms with E-state index in [2.05, 4.69) is 4.72 Å². The molecule has 7 nitrogen and oxygen atoms in total. The molecule has 0 saturated heterocycles. The van der Waals surface area contributed by atoms with Crippen LogP contribution in [0.5, 0.6) is 0 Å². The maximum absolute atomic E-state index is 11.7. The maximum Gasteiger partial charge on any atom is 0.422 e. The molecule has 0 aromatic rings. The standard InChI is InChI=1S/C10H23N3O4S/c1-7(2)10(5,6-11)13-18(15,16)12-9(14)17-8(3)4/h7-8,13H,6,11H2,1-5H3,(H,12,14). The van der Waals surface area contributed by atoms with Gasteiger partial charge in [0.2, 0.25) is 0 Å². The van der Waals surface area contributed by atoms with Crippen LogP contribution >= 0.6 is 0 Å². The summed E-state index contributed by atoms with van der Waals surface area (Å²) in [5.74, 6) is -0.0276. The summed E-state index contributed by atoms with van der Waals surface area (Å²) in [6.45, 7) is 8.70. The number of nitrogens with one attached hydrogen (secondary N) is 2. The predicted octanol–water partition coefficient (Wildman–Crippen LogP) is 0.329. The average molecular weight is 281 g/mol. The highest BCUT2D eigenvalue weighted by molar-refractivity contribution is 7.88. The van der Waals surface area contributed by atoms with Gasteiger partial charge >= 0.3 is 16.3 Å². The minimum Gasteiger partial charge on any atom is -0.446 e. The molecule has 0 radical (unpaired) electrons. The smallest absolute Gasteiger partial charge is 0.422 e. The van der Waals surface area contributed by atoms with Crippen molar-refractivity contribution in [1.29, 1.82) is 0 Å².